The van der Waals surface area contributed by atoms with E-state index >= 15 is 0 Å². The molecule has 0 spiro atoms. The van der Waals surface area contributed by atoms with E-state index in [0.717, 1.165) is 35.0 Å². The first-order valence-electron chi connectivity index (χ1n) is 9.75. The number of pyridine rings is 1. The van der Waals surface area contributed by atoms with Crippen LogP contribution in [-0.2, 0) is 4.79 Å². The van der Waals surface area contributed by atoms with Crippen molar-refractivity contribution in [2.45, 2.75) is 43.0 Å². The van der Waals surface area contributed by atoms with Gasteiger partial charge in [0, 0.05) is 17.1 Å². The van der Waals surface area contributed by atoms with Crippen LogP contribution in [-0.4, -0.2) is 28.1 Å². The number of rotatable bonds is 6. The van der Waals surface area contributed by atoms with E-state index in [1.807, 2.05) is 62.4 Å². The number of carbonyl (C=O) groups is 2. The Bertz CT molecular complexity index is 1080. The van der Waals surface area contributed by atoms with Crippen molar-refractivity contribution in [2.75, 3.05) is 5.32 Å². The largest absolute Gasteiger partial charge is 0.349 e. The van der Waals surface area contributed by atoms with Crippen molar-refractivity contribution >= 4 is 40.2 Å². The second-order valence-corrected chi connectivity index (χ2v) is 8.70. The minimum atomic E-state index is -0.359. The lowest BCUT2D eigenvalue weighted by molar-refractivity contribution is -0.115. The van der Waals surface area contributed by atoms with E-state index in [1.54, 1.807) is 6.07 Å². The minimum absolute atomic E-state index is 0.0787. The van der Waals surface area contributed by atoms with E-state index in [2.05, 4.69) is 15.6 Å². The molecule has 6 heteroatoms. The normalized spacial score (nSPS) is 14.4. The SMILES string of the molecule is Cc1ccccc1NC(=O)C(C)Sc1cc(C(=O)NC2CC2)c2ccccc2n1. The van der Waals surface area contributed by atoms with Crippen molar-refractivity contribution in [1.82, 2.24) is 10.3 Å². The summed E-state index contributed by atoms with van der Waals surface area (Å²) in [6.07, 6.45) is 2.07. The number of fused-ring (bicyclic) bond motifs is 1. The third-order valence-corrected chi connectivity index (χ3v) is 5.94. The Kier molecular flexibility index (Phi) is 5.53. The fourth-order valence-electron chi connectivity index (χ4n) is 3.07. The number of amides is 2. The highest BCUT2D eigenvalue weighted by Crippen LogP contribution is 2.29. The van der Waals surface area contributed by atoms with E-state index in [4.69, 9.17) is 0 Å². The average molecular weight is 406 g/mol. The summed E-state index contributed by atoms with van der Waals surface area (Å²) in [5.41, 5.74) is 3.18. The topological polar surface area (TPSA) is 71.1 Å². The van der Waals surface area contributed by atoms with Gasteiger partial charge in [-0.05, 0) is 50.5 Å². The quantitative estimate of drug-likeness (QED) is 0.590. The van der Waals surface area contributed by atoms with E-state index in [0.29, 0.717) is 10.6 Å². The van der Waals surface area contributed by atoms with Crippen LogP contribution in [0.5, 0.6) is 0 Å². The van der Waals surface area contributed by atoms with E-state index in [9.17, 15) is 9.59 Å². The van der Waals surface area contributed by atoms with Crippen molar-refractivity contribution in [3.8, 4) is 0 Å². The van der Waals surface area contributed by atoms with Gasteiger partial charge in [0.15, 0.2) is 0 Å². The number of aromatic nitrogens is 1. The minimum Gasteiger partial charge on any atom is -0.349 e. The van der Waals surface area contributed by atoms with E-state index in [1.165, 1.54) is 11.8 Å². The molecule has 1 heterocycles. The summed E-state index contributed by atoms with van der Waals surface area (Å²) < 4.78 is 0. The van der Waals surface area contributed by atoms with Crippen molar-refractivity contribution in [1.29, 1.82) is 0 Å². The zero-order chi connectivity index (χ0) is 20.4. The van der Waals surface area contributed by atoms with Crippen molar-refractivity contribution < 1.29 is 9.59 Å². The van der Waals surface area contributed by atoms with Crippen LogP contribution in [0.25, 0.3) is 10.9 Å². The van der Waals surface area contributed by atoms with Crippen LogP contribution in [0.1, 0.15) is 35.7 Å². The standard InChI is InChI=1S/C23H23N3O2S/c1-14-7-3-5-9-19(14)26-22(27)15(2)29-21-13-18(23(28)24-16-11-12-16)17-8-4-6-10-20(17)25-21/h3-10,13,15-16H,11-12H2,1-2H3,(H,24,28)(H,26,27). The molecule has 29 heavy (non-hydrogen) atoms. The van der Waals surface area contributed by atoms with Gasteiger partial charge in [0.2, 0.25) is 5.91 Å². The maximum Gasteiger partial charge on any atom is 0.252 e. The van der Waals surface area contributed by atoms with Gasteiger partial charge in [0.1, 0.15) is 0 Å². The second kappa shape index (κ2) is 8.25. The number of carbonyl (C=O) groups excluding carboxylic acids is 2. The summed E-state index contributed by atoms with van der Waals surface area (Å²) in [6, 6.07) is 17.4. The molecule has 0 aliphatic heterocycles. The predicted octanol–water partition coefficient (Wildman–Crippen LogP) is 4.55. The summed E-state index contributed by atoms with van der Waals surface area (Å²) in [5, 5.41) is 7.15. The zero-order valence-corrected chi connectivity index (χ0v) is 17.3. The van der Waals surface area contributed by atoms with Crippen LogP contribution in [0.2, 0.25) is 0 Å². The van der Waals surface area contributed by atoms with Gasteiger partial charge in [-0.25, -0.2) is 4.98 Å². The molecule has 2 aromatic carbocycles. The molecule has 2 amide bonds. The number of hydrogen-bond acceptors (Lipinski definition) is 4. The summed E-state index contributed by atoms with van der Waals surface area (Å²) >= 11 is 1.35. The molecule has 4 rings (SSSR count). The Hall–Kier alpha value is -2.86. The Balaban J connectivity index is 1.56. The Morgan fingerprint density at radius 1 is 1.10 bits per heavy atom. The molecule has 3 aromatic rings. The molecule has 1 atom stereocenters. The zero-order valence-electron chi connectivity index (χ0n) is 16.4. The van der Waals surface area contributed by atoms with Crippen LogP contribution in [0.3, 0.4) is 0 Å². The van der Waals surface area contributed by atoms with Crippen LogP contribution < -0.4 is 10.6 Å². The molecule has 0 radical (unpaired) electrons. The highest BCUT2D eigenvalue weighted by Gasteiger charge is 2.25. The highest BCUT2D eigenvalue weighted by molar-refractivity contribution is 8.00. The molecular weight excluding hydrogens is 382 g/mol. The average Bonchev–Trinajstić information content (AvgIpc) is 3.53. The molecule has 1 aliphatic carbocycles. The van der Waals surface area contributed by atoms with Gasteiger partial charge in [-0.2, -0.15) is 0 Å². The molecule has 0 bridgehead atoms. The molecule has 1 aliphatic rings. The first kappa shape index (κ1) is 19.5. The monoisotopic (exact) mass is 405 g/mol. The fourth-order valence-corrected chi connectivity index (χ4v) is 3.94. The number of nitrogens with zero attached hydrogens (tertiary/aromatic N) is 1. The fraction of sp³-hybridized carbons (Fsp3) is 0.261. The van der Waals surface area contributed by atoms with E-state index < -0.39 is 0 Å². The first-order valence-corrected chi connectivity index (χ1v) is 10.6. The maximum absolute atomic E-state index is 12.7. The number of para-hydroxylation sites is 2. The van der Waals surface area contributed by atoms with Crippen LogP contribution >= 0.6 is 11.8 Å². The molecule has 5 nitrogen and oxygen atoms in total. The smallest absolute Gasteiger partial charge is 0.252 e. The van der Waals surface area contributed by atoms with E-state index in [-0.39, 0.29) is 23.1 Å². The Morgan fingerprint density at radius 3 is 2.59 bits per heavy atom. The molecule has 1 fully saturated rings. The molecule has 0 saturated heterocycles. The second-order valence-electron chi connectivity index (χ2n) is 7.34. The summed E-state index contributed by atoms with van der Waals surface area (Å²) in [6.45, 7) is 3.81. The first-order chi connectivity index (χ1) is 14.0. The lowest BCUT2D eigenvalue weighted by Gasteiger charge is -2.14. The number of anilines is 1. The molecule has 148 valence electrons. The maximum atomic E-state index is 12.7. The molecular formula is C23H23N3O2S. The van der Waals surface area contributed by atoms with Crippen LogP contribution in [0.4, 0.5) is 5.69 Å². The number of thioether (sulfide) groups is 1. The van der Waals surface area contributed by atoms with Crippen molar-refractivity contribution in [3.05, 3.63) is 65.7 Å². The van der Waals surface area contributed by atoms with Crippen molar-refractivity contribution in [2.24, 2.45) is 0 Å². The number of hydrogen-bond donors (Lipinski definition) is 2. The van der Waals surface area contributed by atoms with Crippen molar-refractivity contribution in [3.63, 3.8) is 0 Å². The van der Waals surface area contributed by atoms with Gasteiger partial charge in [0.05, 0.1) is 21.4 Å². The van der Waals surface area contributed by atoms with Gasteiger partial charge in [-0.3, -0.25) is 9.59 Å². The summed E-state index contributed by atoms with van der Waals surface area (Å²) in [5.74, 6) is -0.173. The van der Waals surface area contributed by atoms with Gasteiger partial charge in [-0.1, -0.05) is 48.2 Å². The predicted molar refractivity (Wildman–Crippen MR) is 117 cm³/mol. The number of aryl methyl sites for hydroxylation is 1. The van der Waals surface area contributed by atoms with Gasteiger partial charge >= 0.3 is 0 Å². The summed E-state index contributed by atoms with van der Waals surface area (Å²) in [7, 11) is 0. The summed E-state index contributed by atoms with van der Waals surface area (Å²) in [4.78, 5) is 30.1. The number of benzene rings is 2. The third kappa shape index (κ3) is 4.59. The molecule has 2 N–H and O–H groups in total. The lowest BCUT2D eigenvalue weighted by atomic mass is 10.1. The van der Waals surface area contributed by atoms with Gasteiger partial charge in [-0.15, -0.1) is 0 Å². The third-order valence-electron chi connectivity index (χ3n) is 4.92. The lowest BCUT2D eigenvalue weighted by Crippen LogP contribution is -2.26. The number of nitrogens with one attached hydrogen (secondary N) is 2. The highest BCUT2D eigenvalue weighted by atomic mass is 32.2. The Labute approximate surface area is 174 Å². The van der Waals surface area contributed by atoms with Crippen LogP contribution in [0, 0.1) is 6.92 Å². The molecule has 1 aromatic heterocycles. The molecule has 1 saturated carbocycles. The van der Waals surface area contributed by atoms with Gasteiger partial charge in [0.25, 0.3) is 5.91 Å². The Morgan fingerprint density at radius 2 is 1.83 bits per heavy atom. The van der Waals surface area contributed by atoms with Gasteiger partial charge < -0.3 is 10.6 Å². The van der Waals surface area contributed by atoms with Crippen LogP contribution in [0.15, 0.2) is 59.6 Å². The molecule has 1 unspecified atom stereocenters.